The van der Waals surface area contributed by atoms with Crippen molar-refractivity contribution in [2.45, 2.75) is 38.5 Å². The van der Waals surface area contributed by atoms with E-state index in [4.69, 9.17) is 4.74 Å². The number of hydrogen-bond donors (Lipinski definition) is 2. The Balaban J connectivity index is 1.73. The van der Waals surface area contributed by atoms with Crippen molar-refractivity contribution in [1.82, 2.24) is 0 Å². The van der Waals surface area contributed by atoms with Crippen LogP contribution in [0.5, 0.6) is 5.75 Å². The molecule has 1 amide bonds. The quantitative estimate of drug-likeness (QED) is 0.318. The topological polar surface area (TPSA) is 84.5 Å². The molecule has 0 unspecified atom stereocenters. The first-order chi connectivity index (χ1) is 15.7. The van der Waals surface area contributed by atoms with Crippen molar-refractivity contribution in [1.29, 1.82) is 0 Å². The summed E-state index contributed by atoms with van der Waals surface area (Å²) in [7, 11) is -3.75. The van der Waals surface area contributed by atoms with Gasteiger partial charge >= 0.3 is 0 Å². The Morgan fingerprint density at radius 2 is 1.64 bits per heavy atom. The molecule has 3 aromatic carbocycles. The van der Waals surface area contributed by atoms with Crippen molar-refractivity contribution in [2.75, 3.05) is 16.6 Å². The fraction of sp³-hybridized carbons (Fsp3) is 0.240. The molecule has 0 saturated heterocycles. The highest BCUT2D eigenvalue weighted by Crippen LogP contribution is 2.25. The van der Waals surface area contributed by atoms with Crippen LogP contribution in [0.4, 0.5) is 11.4 Å². The summed E-state index contributed by atoms with van der Waals surface area (Å²) in [5.74, 6) is 0.160. The molecular weight excluding hydrogens is 504 g/mol. The van der Waals surface area contributed by atoms with Gasteiger partial charge in [0.25, 0.3) is 15.9 Å². The van der Waals surface area contributed by atoms with Crippen LogP contribution in [0.25, 0.3) is 0 Å². The van der Waals surface area contributed by atoms with Crippen LogP contribution in [0.1, 0.15) is 41.3 Å². The highest BCUT2D eigenvalue weighted by atomic mass is 79.9. The highest BCUT2D eigenvalue weighted by Gasteiger charge is 2.17. The Morgan fingerprint density at radius 3 is 2.30 bits per heavy atom. The number of carbonyl (C=O) groups is 1. The van der Waals surface area contributed by atoms with Gasteiger partial charge in [-0.3, -0.25) is 9.52 Å². The van der Waals surface area contributed by atoms with Crippen LogP contribution in [0.15, 0.2) is 70.0 Å². The minimum Gasteiger partial charge on any atom is -0.493 e. The van der Waals surface area contributed by atoms with Gasteiger partial charge in [0, 0.05) is 15.8 Å². The summed E-state index contributed by atoms with van der Waals surface area (Å²) in [5.41, 5.74) is 3.46. The molecule has 0 heterocycles. The number of benzene rings is 3. The number of amides is 1. The summed E-state index contributed by atoms with van der Waals surface area (Å²) in [6, 6.07) is 16.7. The second kappa shape index (κ2) is 10.9. The van der Waals surface area contributed by atoms with Gasteiger partial charge in [-0.1, -0.05) is 35.3 Å². The van der Waals surface area contributed by atoms with E-state index in [0.717, 1.165) is 28.4 Å². The van der Waals surface area contributed by atoms with Gasteiger partial charge in [-0.15, -0.1) is 0 Å². The van der Waals surface area contributed by atoms with Crippen LogP contribution in [-0.4, -0.2) is 20.9 Å². The van der Waals surface area contributed by atoms with E-state index >= 15 is 0 Å². The van der Waals surface area contributed by atoms with Gasteiger partial charge < -0.3 is 10.1 Å². The van der Waals surface area contributed by atoms with Crippen molar-refractivity contribution in [3.63, 3.8) is 0 Å². The molecule has 0 radical (unpaired) electrons. The number of ether oxygens (including phenoxy) is 1. The summed E-state index contributed by atoms with van der Waals surface area (Å²) in [5, 5.41) is 2.80. The molecule has 174 valence electrons. The van der Waals surface area contributed by atoms with Gasteiger partial charge in [-0.2, -0.15) is 0 Å². The number of halogens is 1. The van der Waals surface area contributed by atoms with Gasteiger partial charge in [0.05, 0.1) is 17.1 Å². The molecule has 0 fully saturated rings. The summed E-state index contributed by atoms with van der Waals surface area (Å²) in [6.45, 7) is 6.49. The highest BCUT2D eigenvalue weighted by molar-refractivity contribution is 9.10. The van der Waals surface area contributed by atoms with Crippen LogP contribution < -0.4 is 14.8 Å². The molecule has 8 heteroatoms. The van der Waals surface area contributed by atoms with E-state index in [1.807, 2.05) is 26.0 Å². The lowest BCUT2D eigenvalue weighted by atomic mass is 10.1. The van der Waals surface area contributed by atoms with E-state index in [1.165, 1.54) is 12.1 Å². The van der Waals surface area contributed by atoms with E-state index in [2.05, 4.69) is 32.9 Å². The third-order valence-electron chi connectivity index (χ3n) is 5.12. The zero-order chi connectivity index (χ0) is 24.0. The number of unbranched alkanes of at least 4 members (excludes halogenated alkanes) is 1. The van der Waals surface area contributed by atoms with E-state index in [1.54, 1.807) is 36.4 Å². The maximum atomic E-state index is 12.9. The molecule has 6 nitrogen and oxygen atoms in total. The van der Waals surface area contributed by atoms with Crippen LogP contribution in [0.3, 0.4) is 0 Å². The number of aryl methyl sites for hydroxylation is 2. The fourth-order valence-electron chi connectivity index (χ4n) is 3.07. The lowest BCUT2D eigenvalue weighted by Crippen LogP contribution is -2.15. The third kappa shape index (κ3) is 6.58. The number of sulfonamides is 1. The molecule has 2 N–H and O–H groups in total. The van der Waals surface area contributed by atoms with Gasteiger partial charge in [0.1, 0.15) is 5.75 Å². The third-order valence-corrected chi connectivity index (χ3v) is 7.01. The Bertz CT molecular complexity index is 1240. The Labute approximate surface area is 203 Å². The van der Waals surface area contributed by atoms with Crippen molar-refractivity contribution < 1.29 is 17.9 Å². The van der Waals surface area contributed by atoms with Gasteiger partial charge in [-0.05, 0) is 86.0 Å². The summed E-state index contributed by atoms with van der Waals surface area (Å²) in [4.78, 5) is 13.0. The summed E-state index contributed by atoms with van der Waals surface area (Å²) < 4.78 is 34.6. The number of anilines is 2. The van der Waals surface area contributed by atoms with E-state index in [0.29, 0.717) is 29.3 Å². The minimum absolute atomic E-state index is 0.102. The normalized spacial score (nSPS) is 11.2. The standard InChI is InChI=1S/C25H27BrN2O4S/c1-4-5-14-32-24-13-7-19(26)16-23(24)25(29)27-20-9-11-22(12-10-20)33(30,31)28-21-8-6-17(2)18(3)15-21/h6-13,15-16,28H,4-5,14H2,1-3H3,(H,27,29). The molecule has 0 aliphatic carbocycles. The second-order valence-electron chi connectivity index (χ2n) is 7.73. The second-order valence-corrected chi connectivity index (χ2v) is 10.3. The van der Waals surface area contributed by atoms with Gasteiger partial charge in [0.15, 0.2) is 0 Å². The molecule has 33 heavy (non-hydrogen) atoms. The molecular formula is C25H27BrN2O4S. The van der Waals surface area contributed by atoms with Crippen LogP contribution in [-0.2, 0) is 10.0 Å². The van der Waals surface area contributed by atoms with Crippen molar-refractivity contribution in [3.8, 4) is 5.75 Å². The van der Waals surface area contributed by atoms with Crippen molar-refractivity contribution in [3.05, 3.63) is 81.8 Å². The first kappa shape index (κ1) is 24.8. The molecule has 0 spiro atoms. The largest absolute Gasteiger partial charge is 0.493 e. The average Bonchev–Trinajstić information content (AvgIpc) is 2.77. The average molecular weight is 531 g/mol. The molecule has 0 aliphatic rings. The van der Waals surface area contributed by atoms with E-state index in [9.17, 15) is 13.2 Å². The predicted molar refractivity (Wildman–Crippen MR) is 136 cm³/mol. The van der Waals surface area contributed by atoms with Crippen LogP contribution in [0.2, 0.25) is 0 Å². The molecule has 3 rings (SSSR count). The van der Waals surface area contributed by atoms with Crippen LogP contribution >= 0.6 is 15.9 Å². The van der Waals surface area contributed by atoms with Crippen molar-refractivity contribution >= 4 is 43.2 Å². The summed E-state index contributed by atoms with van der Waals surface area (Å²) >= 11 is 3.39. The van der Waals surface area contributed by atoms with Crippen molar-refractivity contribution in [2.24, 2.45) is 0 Å². The Morgan fingerprint density at radius 1 is 0.939 bits per heavy atom. The Hall–Kier alpha value is -2.84. The summed E-state index contributed by atoms with van der Waals surface area (Å²) in [6.07, 6.45) is 1.88. The molecule has 0 saturated carbocycles. The zero-order valence-electron chi connectivity index (χ0n) is 18.8. The lowest BCUT2D eigenvalue weighted by molar-refractivity contribution is 0.102. The van der Waals surface area contributed by atoms with E-state index < -0.39 is 10.0 Å². The Kier molecular flexibility index (Phi) is 8.15. The van der Waals surface area contributed by atoms with Gasteiger partial charge in [0.2, 0.25) is 0 Å². The number of hydrogen-bond acceptors (Lipinski definition) is 4. The fourth-order valence-corrected chi connectivity index (χ4v) is 4.48. The monoisotopic (exact) mass is 530 g/mol. The number of nitrogens with one attached hydrogen (secondary N) is 2. The first-order valence-corrected chi connectivity index (χ1v) is 12.9. The smallest absolute Gasteiger partial charge is 0.261 e. The molecule has 0 bridgehead atoms. The zero-order valence-corrected chi connectivity index (χ0v) is 21.2. The number of carbonyl (C=O) groups excluding carboxylic acids is 1. The van der Waals surface area contributed by atoms with Gasteiger partial charge in [-0.25, -0.2) is 8.42 Å². The molecule has 0 aromatic heterocycles. The molecule has 3 aromatic rings. The SMILES string of the molecule is CCCCOc1ccc(Br)cc1C(=O)Nc1ccc(S(=O)(=O)Nc2ccc(C)c(C)c2)cc1. The van der Waals surface area contributed by atoms with Crippen LogP contribution in [0, 0.1) is 13.8 Å². The first-order valence-electron chi connectivity index (χ1n) is 10.6. The predicted octanol–water partition coefficient (Wildman–Crippen LogP) is 6.30. The van der Waals surface area contributed by atoms with E-state index in [-0.39, 0.29) is 10.8 Å². The maximum Gasteiger partial charge on any atom is 0.261 e. The number of rotatable bonds is 9. The molecule has 0 aliphatic heterocycles. The molecule has 0 atom stereocenters. The minimum atomic E-state index is -3.75. The lowest BCUT2D eigenvalue weighted by Gasteiger charge is -2.13. The maximum absolute atomic E-state index is 12.9.